The number of ether oxygens (including phenoxy) is 2. The summed E-state index contributed by atoms with van der Waals surface area (Å²) in [5, 5.41) is 23.2. The van der Waals surface area contributed by atoms with E-state index < -0.39 is 35.6 Å². The largest absolute Gasteiger partial charge is 0.457 e. The molecule has 0 aliphatic carbocycles. The molecule has 9 heteroatoms. The predicted octanol–water partition coefficient (Wildman–Crippen LogP) is 5.10. The molecule has 0 amide bonds. The lowest BCUT2D eigenvalue weighted by Gasteiger charge is -2.35. The molecule has 7 nitrogen and oxygen atoms in total. The highest BCUT2D eigenvalue weighted by atomic mass is 35.5. The van der Waals surface area contributed by atoms with Crippen LogP contribution in [0.25, 0.3) is 10.2 Å². The Morgan fingerprint density at radius 2 is 1.97 bits per heavy atom. The third kappa shape index (κ3) is 6.72. The summed E-state index contributed by atoms with van der Waals surface area (Å²) >= 11 is 7.97. The van der Waals surface area contributed by atoms with Gasteiger partial charge in [-0.1, -0.05) is 51.4 Å². The van der Waals surface area contributed by atoms with Crippen molar-refractivity contribution in [3.8, 4) is 0 Å². The number of esters is 1. The number of halogens is 1. The van der Waals surface area contributed by atoms with E-state index in [-0.39, 0.29) is 31.3 Å². The first-order valence-corrected chi connectivity index (χ1v) is 13.5. The molecule has 198 valence electrons. The molecule has 3 rings (SSSR count). The van der Waals surface area contributed by atoms with Gasteiger partial charge in [0.05, 0.1) is 52.5 Å². The van der Waals surface area contributed by atoms with Crippen molar-refractivity contribution in [2.24, 2.45) is 17.3 Å². The van der Waals surface area contributed by atoms with E-state index >= 15 is 0 Å². The van der Waals surface area contributed by atoms with E-state index in [1.165, 1.54) is 0 Å². The molecule has 0 saturated heterocycles. The Hall–Kier alpha value is -1.84. The third-order valence-corrected chi connectivity index (χ3v) is 8.15. The third-order valence-electron chi connectivity index (χ3n) is 6.94. The van der Waals surface area contributed by atoms with Gasteiger partial charge in [-0.2, -0.15) is 0 Å². The molecule has 1 aliphatic heterocycles. The molecule has 0 radical (unpaired) electrons. The monoisotopic (exact) mass is 537 g/mol. The maximum absolute atomic E-state index is 13.4. The van der Waals surface area contributed by atoms with E-state index in [9.17, 15) is 19.8 Å². The molecule has 0 fully saturated rings. The van der Waals surface area contributed by atoms with Gasteiger partial charge in [0.1, 0.15) is 11.9 Å². The standard InChI is InChI=1S/C27H36ClNO6S/c1-6-19-25(32)15(2)13-34-14-18(28)8-9-21(17-7-10-22-20(11-17)29-16(3)36-22)35-24(31)12-23(30)27(4,5)26(19)33/h7-8,10-11,15,19,21,23,25,30,32H,6,9,12-14H2,1-5H3/b18-8+/t15-,19-,21-,23-,25-/m0/s1. The molecule has 0 saturated carbocycles. The molecular formula is C27H36ClNO6S. The zero-order valence-electron chi connectivity index (χ0n) is 21.5. The number of thiazole rings is 1. The van der Waals surface area contributed by atoms with E-state index in [1.54, 1.807) is 31.3 Å². The molecule has 1 aliphatic rings. The first-order valence-electron chi connectivity index (χ1n) is 12.3. The number of carbonyl (C=O) groups is 2. The Morgan fingerprint density at radius 1 is 1.25 bits per heavy atom. The van der Waals surface area contributed by atoms with Crippen LogP contribution in [0.3, 0.4) is 0 Å². The van der Waals surface area contributed by atoms with E-state index in [0.717, 1.165) is 20.8 Å². The van der Waals surface area contributed by atoms with Gasteiger partial charge in [-0.25, -0.2) is 4.98 Å². The van der Waals surface area contributed by atoms with Gasteiger partial charge in [-0.15, -0.1) is 11.3 Å². The van der Waals surface area contributed by atoms with Crippen LogP contribution in [0.15, 0.2) is 29.3 Å². The average molecular weight is 538 g/mol. The summed E-state index contributed by atoms with van der Waals surface area (Å²) in [7, 11) is 0. The molecule has 1 aromatic carbocycles. The molecule has 0 bridgehead atoms. The lowest BCUT2D eigenvalue weighted by Crippen LogP contribution is -2.46. The van der Waals surface area contributed by atoms with E-state index in [4.69, 9.17) is 21.1 Å². The Kier molecular flexibility index (Phi) is 9.68. The number of aromatic nitrogens is 1. The normalized spacial score (nSPS) is 30.6. The number of fused-ring (bicyclic) bond motifs is 1. The summed E-state index contributed by atoms with van der Waals surface area (Å²) in [6, 6.07) is 5.74. The minimum Gasteiger partial charge on any atom is -0.457 e. The van der Waals surface area contributed by atoms with Crippen molar-refractivity contribution in [3.05, 3.63) is 39.9 Å². The summed E-state index contributed by atoms with van der Waals surface area (Å²) < 4.78 is 12.6. The van der Waals surface area contributed by atoms with Gasteiger partial charge in [0.15, 0.2) is 0 Å². The van der Waals surface area contributed by atoms with Gasteiger partial charge in [0.2, 0.25) is 0 Å². The van der Waals surface area contributed by atoms with Crippen molar-refractivity contribution in [1.29, 1.82) is 0 Å². The fraction of sp³-hybridized carbons (Fsp3) is 0.593. The van der Waals surface area contributed by atoms with Crippen LogP contribution < -0.4 is 0 Å². The Labute approximate surface area is 221 Å². The van der Waals surface area contributed by atoms with Crippen LogP contribution in [0.2, 0.25) is 0 Å². The number of carbonyl (C=O) groups excluding carboxylic acids is 2. The number of hydrogen-bond acceptors (Lipinski definition) is 8. The summed E-state index contributed by atoms with van der Waals surface area (Å²) in [5.41, 5.74) is 0.326. The Balaban J connectivity index is 1.92. The van der Waals surface area contributed by atoms with Crippen LogP contribution in [-0.4, -0.2) is 52.4 Å². The first-order chi connectivity index (χ1) is 16.9. The molecule has 1 aromatic heterocycles. The number of ketones is 1. The zero-order valence-corrected chi connectivity index (χ0v) is 23.1. The van der Waals surface area contributed by atoms with Crippen molar-refractivity contribution >= 4 is 44.9 Å². The highest BCUT2D eigenvalue weighted by Crippen LogP contribution is 2.34. The number of cyclic esters (lactones) is 1. The minimum absolute atomic E-state index is 0.137. The Morgan fingerprint density at radius 3 is 2.67 bits per heavy atom. The number of hydrogen-bond donors (Lipinski definition) is 2. The second kappa shape index (κ2) is 12.1. The lowest BCUT2D eigenvalue weighted by molar-refractivity contribution is -0.156. The number of aliphatic hydroxyl groups is 2. The number of benzene rings is 1. The molecule has 0 unspecified atom stereocenters. The van der Waals surface area contributed by atoms with E-state index in [2.05, 4.69) is 4.98 Å². The summed E-state index contributed by atoms with van der Waals surface area (Å²) in [6.45, 7) is 9.13. The lowest BCUT2D eigenvalue weighted by atomic mass is 9.72. The number of aliphatic hydroxyl groups excluding tert-OH is 2. The average Bonchev–Trinajstić information content (AvgIpc) is 3.20. The fourth-order valence-corrected chi connectivity index (χ4v) is 5.46. The molecule has 0 spiro atoms. The second-order valence-corrected chi connectivity index (χ2v) is 11.8. The van der Waals surface area contributed by atoms with Crippen molar-refractivity contribution in [2.75, 3.05) is 13.2 Å². The SMILES string of the molecule is CC[C@@H]1C(=O)C(C)(C)[C@@H](O)CC(=O)O[C@H](c2ccc3sc(C)nc3c2)C/C=C(/Cl)COC[C@H](C)[C@@H]1O. The van der Waals surface area contributed by atoms with Crippen molar-refractivity contribution in [1.82, 2.24) is 4.98 Å². The fourth-order valence-electron chi connectivity index (χ4n) is 4.49. The van der Waals surface area contributed by atoms with Gasteiger partial charge < -0.3 is 19.7 Å². The van der Waals surface area contributed by atoms with Gasteiger partial charge >= 0.3 is 5.97 Å². The summed E-state index contributed by atoms with van der Waals surface area (Å²) in [5.74, 6) is -1.95. The van der Waals surface area contributed by atoms with Gasteiger partial charge in [0, 0.05) is 23.3 Å². The number of nitrogens with zero attached hydrogens (tertiary/aromatic N) is 1. The molecule has 2 aromatic rings. The number of aryl methyl sites for hydroxylation is 1. The van der Waals surface area contributed by atoms with E-state index in [1.807, 2.05) is 39.0 Å². The molecule has 5 atom stereocenters. The van der Waals surface area contributed by atoms with Crippen LogP contribution >= 0.6 is 22.9 Å². The number of Topliss-reactive ketones (excluding diaryl/α,β-unsaturated/α-hetero) is 1. The molecule has 2 N–H and O–H groups in total. The molecular weight excluding hydrogens is 502 g/mol. The van der Waals surface area contributed by atoms with Crippen molar-refractivity contribution in [3.63, 3.8) is 0 Å². The van der Waals surface area contributed by atoms with Crippen LogP contribution in [-0.2, 0) is 19.1 Å². The summed E-state index contributed by atoms with van der Waals surface area (Å²) in [6.07, 6.45) is -0.784. The second-order valence-electron chi connectivity index (χ2n) is 10.1. The highest BCUT2D eigenvalue weighted by molar-refractivity contribution is 7.18. The smallest absolute Gasteiger partial charge is 0.309 e. The summed E-state index contributed by atoms with van der Waals surface area (Å²) in [4.78, 5) is 30.9. The topological polar surface area (TPSA) is 106 Å². The van der Waals surface area contributed by atoms with Gasteiger partial charge in [-0.3, -0.25) is 9.59 Å². The Bertz CT molecular complexity index is 1110. The van der Waals surface area contributed by atoms with Crippen molar-refractivity contribution in [2.45, 2.75) is 72.2 Å². The maximum atomic E-state index is 13.4. The van der Waals surface area contributed by atoms with Crippen molar-refractivity contribution < 1.29 is 29.3 Å². The molecule has 2 heterocycles. The van der Waals surface area contributed by atoms with Crippen LogP contribution in [0.4, 0.5) is 0 Å². The number of rotatable bonds is 2. The van der Waals surface area contributed by atoms with Crippen LogP contribution in [0.1, 0.15) is 63.6 Å². The van der Waals surface area contributed by atoms with Gasteiger partial charge in [-0.05, 0) is 31.0 Å². The quantitative estimate of drug-likeness (QED) is 0.513. The maximum Gasteiger partial charge on any atom is 0.309 e. The van der Waals surface area contributed by atoms with Gasteiger partial charge in [0.25, 0.3) is 0 Å². The van der Waals surface area contributed by atoms with Crippen LogP contribution in [0, 0.1) is 24.2 Å². The highest BCUT2D eigenvalue weighted by Gasteiger charge is 2.43. The van der Waals surface area contributed by atoms with E-state index in [0.29, 0.717) is 17.9 Å². The molecule has 36 heavy (non-hydrogen) atoms. The predicted molar refractivity (Wildman–Crippen MR) is 141 cm³/mol. The van der Waals surface area contributed by atoms with Crippen LogP contribution in [0.5, 0.6) is 0 Å². The minimum atomic E-state index is -1.28. The zero-order chi connectivity index (χ0) is 26.6. The first kappa shape index (κ1) is 28.7.